The van der Waals surface area contributed by atoms with Crippen LogP contribution in [0.5, 0.6) is 0 Å². The minimum absolute atomic E-state index is 0.192. The predicted molar refractivity (Wildman–Crippen MR) is 71.9 cm³/mol. The highest BCUT2D eigenvalue weighted by Crippen LogP contribution is 2.34. The Morgan fingerprint density at radius 1 is 1.28 bits per heavy atom. The number of benzene rings is 1. The fraction of sp³-hybridized carbons (Fsp3) is 0.625. The first-order valence-corrected chi connectivity index (χ1v) is 7.09. The van der Waals surface area contributed by atoms with E-state index in [4.69, 9.17) is 0 Å². The summed E-state index contributed by atoms with van der Waals surface area (Å²) in [4.78, 5) is 0. The Balaban J connectivity index is 2.05. The molecule has 1 aromatic carbocycles. The van der Waals surface area contributed by atoms with Gasteiger partial charge >= 0.3 is 0 Å². The molecule has 2 rings (SSSR count). The van der Waals surface area contributed by atoms with Crippen LogP contribution in [0.3, 0.4) is 0 Å². The zero-order valence-corrected chi connectivity index (χ0v) is 11.2. The molecule has 0 spiro atoms. The molecule has 2 unspecified atom stereocenters. The molecule has 2 heteroatoms. The van der Waals surface area contributed by atoms with E-state index in [-0.39, 0.29) is 5.82 Å². The molecular weight excluding hydrogens is 227 g/mol. The van der Waals surface area contributed by atoms with Crippen LogP contribution in [0, 0.1) is 11.7 Å². The summed E-state index contributed by atoms with van der Waals surface area (Å²) in [6, 6.07) is 6.80. The van der Waals surface area contributed by atoms with Crippen LogP contribution in [0.15, 0.2) is 24.3 Å². The number of hydrogen-bond donors (Lipinski definition) is 1. The van der Waals surface area contributed by atoms with Crippen molar-refractivity contribution in [2.75, 3.05) is 0 Å². The summed E-state index contributed by atoms with van der Waals surface area (Å²) in [5, 5.41) is 10.7. The normalized spacial score (nSPS) is 28.9. The summed E-state index contributed by atoms with van der Waals surface area (Å²) in [7, 11) is 0. The number of rotatable bonds is 3. The van der Waals surface area contributed by atoms with Crippen molar-refractivity contribution < 1.29 is 9.50 Å². The maximum atomic E-state index is 13.6. The molecule has 0 aromatic heterocycles. The van der Waals surface area contributed by atoms with Crippen LogP contribution in [-0.4, -0.2) is 10.7 Å². The molecule has 0 saturated heterocycles. The lowest BCUT2D eigenvalue weighted by molar-refractivity contribution is 0.0234. The molecule has 0 amide bonds. The van der Waals surface area contributed by atoms with Crippen LogP contribution in [0.2, 0.25) is 0 Å². The van der Waals surface area contributed by atoms with Crippen molar-refractivity contribution in [3.8, 4) is 0 Å². The van der Waals surface area contributed by atoms with Crippen molar-refractivity contribution in [1.82, 2.24) is 0 Å². The van der Waals surface area contributed by atoms with Gasteiger partial charge in [-0.2, -0.15) is 0 Å². The zero-order chi connectivity index (χ0) is 13.0. The van der Waals surface area contributed by atoms with E-state index < -0.39 is 5.60 Å². The highest BCUT2D eigenvalue weighted by atomic mass is 19.1. The lowest BCUT2D eigenvalue weighted by Gasteiger charge is -2.27. The van der Waals surface area contributed by atoms with Gasteiger partial charge in [0.1, 0.15) is 5.82 Å². The molecule has 1 nitrogen and oxygen atoms in total. The first-order valence-electron chi connectivity index (χ1n) is 7.09. The topological polar surface area (TPSA) is 20.2 Å². The van der Waals surface area contributed by atoms with Gasteiger partial charge in [0.2, 0.25) is 0 Å². The van der Waals surface area contributed by atoms with E-state index in [2.05, 4.69) is 6.92 Å². The molecule has 0 heterocycles. The molecule has 0 bridgehead atoms. The maximum absolute atomic E-state index is 13.6. The van der Waals surface area contributed by atoms with Crippen LogP contribution >= 0.6 is 0 Å². The fourth-order valence-electron chi connectivity index (χ4n) is 3.04. The Morgan fingerprint density at radius 2 is 2.06 bits per heavy atom. The highest BCUT2D eigenvalue weighted by Gasteiger charge is 2.31. The average Bonchev–Trinajstić information content (AvgIpc) is 2.54. The van der Waals surface area contributed by atoms with E-state index in [1.54, 1.807) is 12.1 Å². The van der Waals surface area contributed by atoms with Crippen molar-refractivity contribution >= 4 is 0 Å². The monoisotopic (exact) mass is 250 g/mol. The number of aliphatic hydroxyl groups is 1. The van der Waals surface area contributed by atoms with Crippen molar-refractivity contribution in [1.29, 1.82) is 0 Å². The van der Waals surface area contributed by atoms with Gasteiger partial charge in [-0.25, -0.2) is 4.39 Å². The molecule has 1 fully saturated rings. The quantitative estimate of drug-likeness (QED) is 0.801. The van der Waals surface area contributed by atoms with Crippen molar-refractivity contribution in [2.45, 2.75) is 57.5 Å². The van der Waals surface area contributed by atoms with Gasteiger partial charge in [-0.3, -0.25) is 0 Å². The van der Waals surface area contributed by atoms with Gasteiger partial charge in [0.05, 0.1) is 5.60 Å². The van der Waals surface area contributed by atoms with Crippen molar-refractivity contribution in [2.24, 2.45) is 5.92 Å². The molecule has 0 aliphatic heterocycles. The van der Waals surface area contributed by atoms with Gasteiger partial charge in [-0.05, 0) is 36.8 Å². The lowest BCUT2D eigenvalue weighted by atomic mass is 9.87. The minimum Gasteiger partial charge on any atom is -0.390 e. The molecule has 18 heavy (non-hydrogen) atoms. The van der Waals surface area contributed by atoms with Crippen LogP contribution in [0.1, 0.15) is 51.0 Å². The second-order valence-corrected chi connectivity index (χ2v) is 5.70. The summed E-state index contributed by atoms with van der Waals surface area (Å²) < 4.78 is 13.6. The molecule has 1 aromatic rings. The summed E-state index contributed by atoms with van der Waals surface area (Å²) in [5.41, 5.74) is -0.0542. The summed E-state index contributed by atoms with van der Waals surface area (Å²) >= 11 is 0. The number of halogens is 1. The van der Waals surface area contributed by atoms with Gasteiger partial charge in [0.15, 0.2) is 0 Å². The van der Waals surface area contributed by atoms with E-state index in [9.17, 15) is 9.50 Å². The minimum atomic E-state index is -0.702. The summed E-state index contributed by atoms with van der Waals surface area (Å²) in [6.45, 7) is 2.21. The fourth-order valence-corrected chi connectivity index (χ4v) is 3.04. The molecule has 2 atom stereocenters. The standard InChI is InChI=1S/C16H23FO/c1-2-13-6-5-10-16(18,11-9-13)12-14-7-3-4-8-15(14)17/h3-4,7-8,13,18H,2,5-6,9-12H2,1H3. The Morgan fingerprint density at radius 3 is 2.78 bits per heavy atom. The Bertz CT molecular complexity index is 390. The van der Waals surface area contributed by atoms with Crippen LogP contribution < -0.4 is 0 Å². The molecule has 1 saturated carbocycles. The highest BCUT2D eigenvalue weighted by molar-refractivity contribution is 5.19. The zero-order valence-electron chi connectivity index (χ0n) is 11.2. The van der Waals surface area contributed by atoms with Gasteiger partial charge in [-0.1, -0.05) is 44.4 Å². The Kier molecular flexibility index (Phi) is 4.39. The summed E-state index contributed by atoms with van der Waals surface area (Å²) in [6.07, 6.45) is 6.59. The van der Waals surface area contributed by atoms with Gasteiger partial charge in [-0.15, -0.1) is 0 Å². The largest absolute Gasteiger partial charge is 0.390 e. The smallest absolute Gasteiger partial charge is 0.126 e. The molecule has 1 N–H and O–H groups in total. The van der Waals surface area contributed by atoms with Gasteiger partial charge < -0.3 is 5.11 Å². The van der Waals surface area contributed by atoms with E-state index in [1.807, 2.05) is 6.07 Å². The average molecular weight is 250 g/mol. The lowest BCUT2D eigenvalue weighted by Crippen LogP contribution is -2.31. The predicted octanol–water partition coefficient (Wildman–Crippen LogP) is 4.09. The van der Waals surface area contributed by atoms with E-state index in [1.165, 1.54) is 18.9 Å². The molecular formula is C16H23FO. The van der Waals surface area contributed by atoms with Crippen LogP contribution in [0.25, 0.3) is 0 Å². The van der Waals surface area contributed by atoms with Gasteiger partial charge in [0.25, 0.3) is 0 Å². The second-order valence-electron chi connectivity index (χ2n) is 5.70. The third kappa shape index (κ3) is 3.32. The third-order valence-corrected chi connectivity index (χ3v) is 4.33. The number of hydrogen-bond acceptors (Lipinski definition) is 1. The first kappa shape index (κ1) is 13.5. The third-order valence-electron chi connectivity index (χ3n) is 4.33. The second kappa shape index (κ2) is 5.83. The SMILES string of the molecule is CCC1CCCC(O)(Cc2ccccc2F)CC1. The van der Waals surface area contributed by atoms with E-state index in [0.29, 0.717) is 12.0 Å². The Hall–Kier alpha value is -0.890. The molecule has 100 valence electrons. The van der Waals surface area contributed by atoms with Crippen molar-refractivity contribution in [3.05, 3.63) is 35.6 Å². The van der Waals surface area contributed by atoms with Crippen molar-refractivity contribution in [3.63, 3.8) is 0 Å². The van der Waals surface area contributed by atoms with E-state index in [0.717, 1.165) is 31.6 Å². The van der Waals surface area contributed by atoms with Crippen LogP contribution in [-0.2, 0) is 6.42 Å². The molecule has 1 aliphatic rings. The Labute approximate surface area is 109 Å². The van der Waals surface area contributed by atoms with Crippen LogP contribution in [0.4, 0.5) is 4.39 Å². The summed E-state index contributed by atoms with van der Waals surface area (Å²) in [5.74, 6) is 0.543. The first-order chi connectivity index (χ1) is 8.63. The maximum Gasteiger partial charge on any atom is 0.126 e. The van der Waals surface area contributed by atoms with E-state index >= 15 is 0 Å². The molecule has 0 radical (unpaired) electrons. The molecule has 1 aliphatic carbocycles. The van der Waals surface area contributed by atoms with Gasteiger partial charge in [0, 0.05) is 6.42 Å².